The first-order chi connectivity index (χ1) is 14.6. The number of nitrogens with zero attached hydrogens (tertiary/aromatic N) is 2. The average Bonchev–Trinajstić information content (AvgIpc) is 3.23. The highest BCUT2D eigenvalue weighted by atomic mass is 16.6. The van der Waals surface area contributed by atoms with Crippen LogP contribution in [0.3, 0.4) is 0 Å². The maximum Gasteiger partial charge on any atom is 0.322 e. The summed E-state index contributed by atoms with van der Waals surface area (Å²) in [4.78, 5) is 20.0. The van der Waals surface area contributed by atoms with Crippen molar-refractivity contribution in [1.29, 1.82) is 0 Å². The zero-order valence-corrected chi connectivity index (χ0v) is 17.3. The molecule has 2 aromatic carbocycles. The van der Waals surface area contributed by atoms with Gasteiger partial charge in [-0.25, -0.2) is 4.79 Å². The van der Waals surface area contributed by atoms with Crippen molar-refractivity contribution in [3.05, 3.63) is 66.7 Å². The van der Waals surface area contributed by atoms with E-state index in [-0.39, 0.29) is 12.1 Å². The van der Waals surface area contributed by atoms with Gasteiger partial charge >= 0.3 is 6.03 Å². The van der Waals surface area contributed by atoms with Crippen LogP contribution < -0.4 is 14.8 Å². The number of amides is 2. The van der Waals surface area contributed by atoms with E-state index in [1.165, 1.54) is 0 Å². The molecule has 0 unspecified atom stereocenters. The normalized spacial score (nSPS) is 15.0. The Balaban J connectivity index is 1.60. The number of carbonyl (C=O) groups is 1. The van der Waals surface area contributed by atoms with Crippen LogP contribution in [-0.2, 0) is 4.84 Å². The number of oxime groups is 1. The standard InChI is InChI=1S/C23H27N3O4/c1-4-14-26(23(27)24-17-10-12-18(13-11-17)29-5-2)16-19-15-21(25-30-19)20-8-6-7-9-22(20)28-3/h4,6-13,19H,1,5,14-16H2,2-3H3,(H,24,27)/t19-/m0/s1. The third-order valence-electron chi connectivity index (χ3n) is 4.63. The van der Waals surface area contributed by atoms with Crippen molar-refractivity contribution in [2.45, 2.75) is 19.4 Å². The lowest BCUT2D eigenvalue weighted by atomic mass is 10.0. The Labute approximate surface area is 176 Å². The van der Waals surface area contributed by atoms with Crippen LogP contribution in [0.1, 0.15) is 18.9 Å². The van der Waals surface area contributed by atoms with Gasteiger partial charge in [0.15, 0.2) is 6.10 Å². The number of ether oxygens (including phenoxy) is 2. The first-order valence-electron chi connectivity index (χ1n) is 9.90. The number of hydrogen-bond donors (Lipinski definition) is 1. The topological polar surface area (TPSA) is 72.4 Å². The van der Waals surface area contributed by atoms with Gasteiger partial charge in [0, 0.05) is 24.2 Å². The van der Waals surface area contributed by atoms with E-state index in [1.807, 2.05) is 55.5 Å². The zero-order chi connectivity index (χ0) is 21.3. The summed E-state index contributed by atoms with van der Waals surface area (Å²) in [7, 11) is 1.63. The predicted molar refractivity (Wildman–Crippen MR) is 117 cm³/mol. The van der Waals surface area contributed by atoms with Crippen molar-refractivity contribution in [3.8, 4) is 11.5 Å². The molecule has 0 saturated carbocycles. The Morgan fingerprint density at radius 3 is 2.77 bits per heavy atom. The molecule has 7 nitrogen and oxygen atoms in total. The largest absolute Gasteiger partial charge is 0.496 e. The van der Waals surface area contributed by atoms with Gasteiger partial charge in [-0.15, -0.1) is 6.58 Å². The van der Waals surface area contributed by atoms with Gasteiger partial charge in [-0.1, -0.05) is 23.4 Å². The van der Waals surface area contributed by atoms with Gasteiger partial charge in [-0.2, -0.15) is 0 Å². The van der Waals surface area contributed by atoms with Gasteiger partial charge in [0.05, 0.1) is 26.0 Å². The summed E-state index contributed by atoms with van der Waals surface area (Å²) in [6.07, 6.45) is 2.04. The van der Waals surface area contributed by atoms with Gasteiger partial charge in [-0.05, 0) is 43.3 Å². The highest BCUT2D eigenvalue weighted by Gasteiger charge is 2.27. The van der Waals surface area contributed by atoms with E-state index in [4.69, 9.17) is 14.3 Å². The molecule has 1 heterocycles. The van der Waals surface area contributed by atoms with Crippen molar-refractivity contribution >= 4 is 17.4 Å². The lowest BCUT2D eigenvalue weighted by molar-refractivity contribution is 0.0645. The van der Waals surface area contributed by atoms with Crippen LogP contribution in [0.2, 0.25) is 0 Å². The van der Waals surface area contributed by atoms with Crippen LogP contribution in [0.15, 0.2) is 66.3 Å². The molecule has 0 fully saturated rings. The van der Waals surface area contributed by atoms with Crippen LogP contribution in [0, 0.1) is 0 Å². The third kappa shape index (κ3) is 5.31. The molecule has 0 saturated heterocycles. The lowest BCUT2D eigenvalue weighted by Crippen LogP contribution is -2.40. The first kappa shape index (κ1) is 21.2. The maximum absolute atomic E-state index is 12.8. The second kappa shape index (κ2) is 10.3. The van der Waals surface area contributed by atoms with Crippen molar-refractivity contribution in [2.75, 3.05) is 32.1 Å². The molecule has 2 amide bonds. The van der Waals surface area contributed by atoms with Crippen molar-refractivity contribution in [3.63, 3.8) is 0 Å². The Hall–Kier alpha value is -3.48. The van der Waals surface area contributed by atoms with Crippen molar-refractivity contribution < 1.29 is 19.1 Å². The number of nitrogens with one attached hydrogen (secondary N) is 1. The minimum absolute atomic E-state index is 0.228. The van der Waals surface area contributed by atoms with Crippen LogP contribution in [0.4, 0.5) is 10.5 Å². The minimum Gasteiger partial charge on any atom is -0.496 e. The molecule has 0 aromatic heterocycles. The van der Waals surface area contributed by atoms with Gasteiger partial charge in [0.2, 0.25) is 0 Å². The number of carbonyl (C=O) groups excluding carboxylic acids is 1. The van der Waals surface area contributed by atoms with E-state index in [1.54, 1.807) is 18.1 Å². The highest BCUT2D eigenvalue weighted by molar-refractivity contribution is 6.03. The van der Waals surface area contributed by atoms with E-state index in [0.717, 1.165) is 22.8 Å². The molecule has 2 aromatic rings. The molecule has 1 aliphatic rings. The molecule has 1 atom stereocenters. The Morgan fingerprint density at radius 1 is 1.30 bits per heavy atom. The lowest BCUT2D eigenvalue weighted by Gasteiger charge is -2.24. The van der Waals surface area contributed by atoms with E-state index >= 15 is 0 Å². The molecule has 7 heteroatoms. The summed E-state index contributed by atoms with van der Waals surface area (Å²) < 4.78 is 10.8. The fourth-order valence-electron chi connectivity index (χ4n) is 3.21. The third-order valence-corrected chi connectivity index (χ3v) is 4.63. The molecule has 0 radical (unpaired) electrons. The summed E-state index contributed by atoms with van der Waals surface area (Å²) in [5.41, 5.74) is 2.40. The monoisotopic (exact) mass is 409 g/mol. The van der Waals surface area contributed by atoms with Crippen LogP contribution in [0.5, 0.6) is 11.5 Å². The fourth-order valence-corrected chi connectivity index (χ4v) is 3.21. The number of anilines is 1. The summed E-state index contributed by atoms with van der Waals surface area (Å²) in [5, 5.41) is 7.12. The number of urea groups is 1. The molecule has 158 valence electrons. The van der Waals surface area contributed by atoms with Crippen molar-refractivity contribution in [1.82, 2.24) is 4.90 Å². The number of hydrogen-bond acceptors (Lipinski definition) is 5. The summed E-state index contributed by atoms with van der Waals surface area (Å²) >= 11 is 0. The molecule has 0 aliphatic carbocycles. The average molecular weight is 409 g/mol. The molecule has 1 aliphatic heterocycles. The second-order valence-electron chi connectivity index (χ2n) is 6.75. The molecule has 0 bridgehead atoms. The molecule has 0 spiro atoms. The molecular formula is C23H27N3O4. The molecule has 1 N–H and O–H groups in total. The fraction of sp³-hybridized carbons (Fsp3) is 0.304. The van der Waals surface area contributed by atoms with E-state index < -0.39 is 0 Å². The minimum atomic E-state index is -0.240. The summed E-state index contributed by atoms with van der Waals surface area (Å²) in [5.74, 6) is 1.51. The molecular weight excluding hydrogens is 382 g/mol. The number of methoxy groups -OCH3 is 1. The van der Waals surface area contributed by atoms with E-state index in [9.17, 15) is 4.79 Å². The second-order valence-corrected chi connectivity index (χ2v) is 6.75. The molecule has 30 heavy (non-hydrogen) atoms. The zero-order valence-electron chi connectivity index (χ0n) is 17.3. The van der Waals surface area contributed by atoms with Gasteiger partial charge in [-0.3, -0.25) is 0 Å². The van der Waals surface area contributed by atoms with Gasteiger partial charge in [0.1, 0.15) is 11.5 Å². The number of para-hydroxylation sites is 1. The van der Waals surface area contributed by atoms with E-state index in [2.05, 4.69) is 17.1 Å². The van der Waals surface area contributed by atoms with Gasteiger partial charge < -0.3 is 24.5 Å². The van der Waals surface area contributed by atoms with Crippen LogP contribution in [0.25, 0.3) is 0 Å². The summed E-state index contributed by atoms with van der Waals surface area (Å²) in [6, 6.07) is 14.7. The van der Waals surface area contributed by atoms with E-state index in [0.29, 0.717) is 31.8 Å². The van der Waals surface area contributed by atoms with Crippen LogP contribution >= 0.6 is 0 Å². The Kier molecular flexibility index (Phi) is 7.32. The molecule has 3 rings (SSSR count). The number of benzene rings is 2. The highest BCUT2D eigenvalue weighted by Crippen LogP contribution is 2.25. The number of rotatable bonds is 9. The summed E-state index contributed by atoms with van der Waals surface area (Å²) in [6.45, 7) is 7.06. The van der Waals surface area contributed by atoms with Crippen molar-refractivity contribution in [2.24, 2.45) is 5.16 Å². The Bertz CT molecular complexity index is 896. The Morgan fingerprint density at radius 2 is 2.07 bits per heavy atom. The quantitative estimate of drug-likeness (QED) is 0.627. The predicted octanol–water partition coefficient (Wildman–Crippen LogP) is 4.31. The SMILES string of the molecule is C=CCN(C[C@@H]1CC(c2ccccc2OC)=NO1)C(=O)Nc1ccc(OCC)cc1. The maximum atomic E-state index is 12.8. The van der Waals surface area contributed by atoms with Crippen LogP contribution in [-0.4, -0.2) is 49.6 Å². The smallest absolute Gasteiger partial charge is 0.322 e. The van der Waals surface area contributed by atoms with Gasteiger partial charge in [0.25, 0.3) is 0 Å². The first-order valence-corrected chi connectivity index (χ1v) is 9.90.